The van der Waals surface area contributed by atoms with E-state index in [0.29, 0.717) is 4.73 Å². The van der Waals surface area contributed by atoms with Crippen molar-refractivity contribution in [2.24, 2.45) is 0 Å². The third kappa shape index (κ3) is 0.960. The van der Waals surface area contributed by atoms with Gasteiger partial charge in [-0.05, 0) is 0 Å². The first-order valence-corrected chi connectivity index (χ1v) is 2.74. The zero-order valence-corrected chi connectivity index (χ0v) is 5.19. The van der Waals surface area contributed by atoms with Crippen molar-refractivity contribution in [3.63, 3.8) is 0 Å². The molecule has 1 aromatic heterocycles. The molecule has 2 N–H and O–H groups in total. The van der Waals surface area contributed by atoms with E-state index in [0.717, 1.165) is 6.33 Å². The second-order valence-corrected chi connectivity index (χ2v) is 1.78. The minimum atomic E-state index is -0.389. The zero-order chi connectivity index (χ0) is 7.56. The van der Waals surface area contributed by atoms with Crippen LogP contribution < -0.4 is 0 Å². The van der Waals surface area contributed by atoms with Gasteiger partial charge in [-0.1, -0.05) is 0 Å². The van der Waals surface area contributed by atoms with Crippen LogP contribution in [0.3, 0.4) is 0 Å². The maximum Gasteiger partial charge on any atom is 0.0906 e. The highest BCUT2D eigenvalue weighted by Gasteiger charge is 2.02. The predicted octanol–water partition coefficient (Wildman–Crippen LogP) is -0.786. The van der Waals surface area contributed by atoms with Gasteiger partial charge in [-0.15, -0.1) is 0 Å². The van der Waals surface area contributed by atoms with Crippen molar-refractivity contribution >= 4 is 0 Å². The van der Waals surface area contributed by atoms with Crippen LogP contribution in [0.2, 0.25) is 0 Å². The Bertz CT molecular complexity index is 221. The summed E-state index contributed by atoms with van der Waals surface area (Å²) >= 11 is 0. The number of nitrogens with zero attached hydrogens (tertiary/aromatic N) is 2. The molecule has 0 saturated carbocycles. The van der Waals surface area contributed by atoms with E-state index >= 15 is 0 Å². The fourth-order valence-electron chi connectivity index (χ4n) is 0.687. The zero-order valence-electron chi connectivity index (χ0n) is 5.19. The molecule has 0 fully saturated rings. The number of aliphatic hydroxyl groups excluding tert-OH is 2. The molecule has 0 aromatic carbocycles. The van der Waals surface area contributed by atoms with Crippen LogP contribution in [0.15, 0.2) is 6.33 Å². The average Bonchev–Trinajstić information content (AvgIpc) is 2.30. The molecule has 0 saturated heterocycles. The summed E-state index contributed by atoms with van der Waals surface area (Å²) in [7, 11) is 0. The van der Waals surface area contributed by atoms with Gasteiger partial charge in [0, 0.05) is 0 Å². The Morgan fingerprint density at radius 1 is 1.50 bits per heavy atom. The van der Waals surface area contributed by atoms with Gasteiger partial charge in [0.05, 0.1) is 30.9 Å². The average molecular weight is 143 g/mol. The van der Waals surface area contributed by atoms with Crippen molar-refractivity contribution < 1.29 is 10.2 Å². The van der Waals surface area contributed by atoms with Crippen LogP contribution in [0.5, 0.6) is 0 Å². The maximum absolute atomic E-state index is 10.6. The molecule has 56 valence electrons. The van der Waals surface area contributed by atoms with Gasteiger partial charge in [-0.3, -0.25) is 0 Å². The molecular formula is C5H7N2O3-. The lowest BCUT2D eigenvalue weighted by molar-refractivity contribution is 0.253. The van der Waals surface area contributed by atoms with Crippen LogP contribution in [0.4, 0.5) is 0 Å². The third-order valence-corrected chi connectivity index (χ3v) is 1.22. The predicted molar refractivity (Wildman–Crippen MR) is 32.8 cm³/mol. The Morgan fingerprint density at radius 2 is 2.20 bits per heavy atom. The maximum atomic E-state index is 10.6. The molecule has 0 aliphatic carbocycles. The van der Waals surface area contributed by atoms with E-state index in [9.17, 15) is 5.21 Å². The topological polar surface area (TPSA) is 81.3 Å². The summed E-state index contributed by atoms with van der Waals surface area (Å²) in [6, 6.07) is 0. The Morgan fingerprint density at radius 3 is 2.60 bits per heavy atom. The second-order valence-electron chi connectivity index (χ2n) is 1.78. The summed E-state index contributed by atoms with van der Waals surface area (Å²) in [5.41, 5.74) is 0.347. The number of imidazole rings is 1. The highest BCUT2D eigenvalue weighted by molar-refractivity contribution is 5.11. The van der Waals surface area contributed by atoms with Crippen LogP contribution in [0, 0.1) is 5.21 Å². The fraction of sp³-hybridized carbons (Fsp3) is 0.400. The van der Waals surface area contributed by atoms with E-state index in [1.807, 2.05) is 0 Å². The molecule has 0 aliphatic heterocycles. The molecule has 1 heterocycles. The van der Waals surface area contributed by atoms with Crippen molar-refractivity contribution in [3.05, 3.63) is 22.9 Å². The third-order valence-electron chi connectivity index (χ3n) is 1.22. The van der Waals surface area contributed by atoms with E-state index in [4.69, 9.17) is 10.2 Å². The second kappa shape index (κ2) is 2.68. The molecule has 0 aliphatic rings. The lowest BCUT2D eigenvalue weighted by atomic mass is 10.3. The summed E-state index contributed by atoms with van der Waals surface area (Å²) in [5, 5.41) is 27.7. The van der Waals surface area contributed by atoms with Gasteiger partial charge in [0.15, 0.2) is 0 Å². The molecule has 0 spiro atoms. The molecule has 1 rings (SSSR count). The quantitative estimate of drug-likeness (QED) is 0.568. The minimum Gasteiger partial charge on any atom is -0.805 e. The number of rotatable bonds is 2. The van der Waals surface area contributed by atoms with Gasteiger partial charge in [-0.2, -0.15) is 0 Å². The molecular weight excluding hydrogens is 136 g/mol. The van der Waals surface area contributed by atoms with Gasteiger partial charge in [0.2, 0.25) is 0 Å². The molecule has 0 bridgehead atoms. The Hall–Kier alpha value is -1.07. The molecule has 0 radical (unpaired) electrons. The molecule has 5 heteroatoms. The molecule has 10 heavy (non-hydrogen) atoms. The van der Waals surface area contributed by atoms with Gasteiger partial charge in [0.1, 0.15) is 0 Å². The first-order chi connectivity index (χ1) is 4.79. The van der Waals surface area contributed by atoms with Crippen molar-refractivity contribution in [2.75, 3.05) is 0 Å². The first kappa shape index (κ1) is 7.04. The minimum absolute atomic E-state index is 0.113. The van der Waals surface area contributed by atoms with Crippen LogP contribution in [0.25, 0.3) is 0 Å². The highest BCUT2D eigenvalue weighted by Crippen LogP contribution is 2.05. The van der Waals surface area contributed by atoms with Crippen molar-refractivity contribution in [1.82, 2.24) is 9.71 Å². The van der Waals surface area contributed by atoms with Crippen LogP contribution in [0.1, 0.15) is 11.4 Å². The lowest BCUT2D eigenvalue weighted by Gasteiger charge is -2.08. The van der Waals surface area contributed by atoms with Gasteiger partial charge < -0.3 is 20.2 Å². The standard InChI is InChI=1S/C5H7N2O3/c8-1-4-5(2-9)7(10)3-6-4/h3,8-9H,1-2H2/q-1. The summed E-state index contributed by atoms with van der Waals surface area (Å²) < 4.78 is 0.436. The van der Waals surface area contributed by atoms with E-state index in [-0.39, 0.29) is 24.6 Å². The van der Waals surface area contributed by atoms with Crippen LogP contribution in [-0.4, -0.2) is 19.9 Å². The SMILES string of the molecule is [O-]n1cnc(CO)c1CO. The van der Waals surface area contributed by atoms with Crippen molar-refractivity contribution in [2.45, 2.75) is 13.2 Å². The summed E-state index contributed by atoms with van der Waals surface area (Å²) in [5.74, 6) is 0. The summed E-state index contributed by atoms with van der Waals surface area (Å²) in [4.78, 5) is 3.55. The number of aliphatic hydroxyl groups is 2. The Kier molecular flexibility index (Phi) is 1.88. The normalized spacial score (nSPS) is 10.2. The Labute approximate surface area is 57.1 Å². The number of aromatic nitrogens is 2. The van der Waals surface area contributed by atoms with E-state index in [1.165, 1.54) is 0 Å². The molecule has 0 unspecified atom stereocenters. The molecule has 5 nitrogen and oxygen atoms in total. The fourth-order valence-corrected chi connectivity index (χ4v) is 0.687. The highest BCUT2D eigenvalue weighted by atomic mass is 16.5. The van der Waals surface area contributed by atoms with E-state index in [2.05, 4.69) is 4.98 Å². The first-order valence-electron chi connectivity index (χ1n) is 2.74. The van der Waals surface area contributed by atoms with E-state index in [1.54, 1.807) is 0 Å². The Balaban J connectivity index is 3.01. The summed E-state index contributed by atoms with van der Waals surface area (Å²) in [6.07, 6.45) is 1.01. The lowest BCUT2D eigenvalue weighted by Crippen LogP contribution is -1.97. The van der Waals surface area contributed by atoms with Gasteiger partial charge in [-0.25, -0.2) is 4.98 Å². The smallest absolute Gasteiger partial charge is 0.0906 e. The largest absolute Gasteiger partial charge is 0.805 e. The summed E-state index contributed by atoms with van der Waals surface area (Å²) in [6.45, 7) is -0.704. The van der Waals surface area contributed by atoms with Gasteiger partial charge in [0.25, 0.3) is 0 Å². The van der Waals surface area contributed by atoms with Crippen molar-refractivity contribution in [1.29, 1.82) is 0 Å². The number of hydrogen-bond acceptors (Lipinski definition) is 4. The van der Waals surface area contributed by atoms with E-state index < -0.39 is 0 Å². The monoisotopic (exact) mass is 143 g/mol. The van der Waals surface area contributed by atoms with Crippen LogP contribution in [-0.2, 0) is 13.2 Å². The number of hydrogen-bond donors (Lipinski definition) is 2. The molecule has 0 amide bonds. The molecule has 0 atom stereocenters. The molecule has 1 aromatic rings. The van der Waals surface area contributed by atoms with Gasteiger partial charge >= 0.3 is 0 Å². The van der Waals surface area contributed by atoms with Crippen LogP contribution >= 0.6 is 0 Å². The van der Waals surface area contributed by atoms with Crippen molar-refractivity contribution in [3.8, 4) is 0 Å².